The Hall–Kier alpha value is -2.05. The number of quaternary nitrogens is 1. The average Bonchev–Trinajstić information content (AvgIpc) is 2.92. The number of thiophene rings is 1. The number of nitrogens with one attached hydrogen (secondary N) is 2. The van der Waals surface area contributed by atoms with E-state index in [1.807, 2.05) is 12.1 Å². The van der Waals surface area contributed by atoms with E-state index in [9.17, 15) is 4.39 Å². The Morgan fingerprint density at radius 3 is 2.58 bits per heavy atom. The van der Waals surface area contributed by atoms with Gasteiger partial charge in [-0.15, -0.1) is 11.3 Å². The highest BCUT2D eigenvalue weighted by atomic mass is 32.1. The van der Waals surface area contributed by atoms with Crippen LogP contribution < -0.4 is 10.2 Å². The number of hydrogen-bond donors (Lipinski definition) is 2. The fourth-order valence-corrected chi connectivity index (χ4v) is 4.60. The zero-order valence-corrected chi connectivity index (χ0v) is 15.6. The molecule has 0 radical (unpaired) electrons. The molecule has 0 bridgehead atoms. The van der Waals surface area contributed by atoms with Crippen LogP contribution >= 0.6 is 11.3 Å². The molecular formula is C20H24FN4S+. The standard InChI is InChI=1S/C20H23FN4S/c21-16-7-5-15(6-8-16)17-13-26-20-18(17)19(23-14-24-20)22-9-12-25-10-3-1-2-4-11-25/h5-8,13-14H,1-4,9-12H2,(H,22,23,24)/p+1. The number of halogens is 1. The second-order valence-electron chi connectivity index (χ2n) is 6.90. The lowest BCUT2D eigenvalue weighted by Gasteiger charge is -2.17. The first-order valence-electron chi connectivity index (χ1n) is 9.37. The summed E-state index contributed by atoms with van der Waals surface area (Å²) in [7, 11) is 0. The molecule has 3 aromatic rings. The molecule has 0 amide bonds. The van der Waals surface area contributed by atoms with Crippen LogP contribution in [0.15, 0.2) is 36.0 Å². The van der Waals surface area contributed by atoms with E-state index in [0.717, 1.165) is 40.3 Å². The van der Waals surface area contributed by atoms with E-state index in [-0.39, 0.29) is 5.82 Å². The Morgan fingerprint density at radius 2 is 1.81 bits per heavy atom. The summed E-state index contributed by atoms with van der Waals surface area (Å²) in [5, 5.41) is 6.64. The van der Waals surface area contributed by atoms with Crippen molar-refractivity contribution < 1.29 is 9.29 Å². The van der Waals surface area contributed by atoms with Gasteiger partial charge in [0.1, 0.15) is 22.8 Å². The SMILES string of the molecule is Fc1ccc(-c2csc3ncnc(NCC[NH+]4CCCCCC4)c23)cc1. The van der Waals surface area contributed by atoms with Gasteiger partial charge in [-0.05, 0) is 43.4 Å². The smallest absolute Gasteiger partial charge is 0.139 e. The summed E-state index contributed by atoms with van der Waals surface area (Å²) in [6.07, 6.45) is 7.05. The largest absolute Gasteiger partial charge is 0.364 e. The van der Waals surface area contributed by atoms with Crippen LogP contribution in [0.2, 0.25) is 0 Å². The van der Waals surface area contributed by atoms with Crippen LogP contribution in [0.4, 0.5) is 10.2 Å². The van der Waals surface area contributed by atoms with Crippen molar-refractivity contribution in [3.63, 3.8) is 0 Å². The van der Waals surface area contributed by atoms with Crippen molar-refractivity contribution >= 4 is 27.4 Å². The van der Waals surface area contributed by atoms with Gasteiger partial charge in [-0.25, -0.2) is 14.4 Å². The van der Waals surface area contributed by atoms with E-state index >= 15 is 0 Å². The minimum Gasteiger partial charge on any atom is -0.364 e. The summed E-state index contributed by atoms with van der Waals surface area (Å²) < 4.78 is 13.3. The van der Waals surface area contributed by atoms with E-state index in [1.165, 1.54) is 50.9 Å². The zero-order chi connectivity index (χ0) is 17.8. The third kappa shape index (κ3) is 3.86. The van der Waals surface area contributed by atoms with Gasteiger partial charge in [0.25, 0.3) is 0 Å². The van der Waals surface area contributed by atoms with Crippen molar-refractivity contribution in [1.82, 2.24) is 9.97 Å². The minimum absolute atomic E-state index is 0.219. The Kier molecular flexibility index (Phi) is 5.41. The quantitative estimate of drug-likeness (QED) is 0.723. The predicted molar refractivity (Wildman–Crippen MR) is 105 cm³/mol. The summed E-state index contributed by atoms with van der Waals surface area (Å²) in [6, 6.07) is 6.63. The highest BCUT2D eigenvalue weighted by Gasteiger charge is 2.15. The van der Waals surface area contributed by atoms with Gasteiger partial charge in [0.05, 0.1) is 31.6 Å². The molecule has 1 aliphatic heterocycles. The molecular weight excluding hydrogens is 347 g/mol. The van der Waals surface area contributed by atoms with Crippen molar-refractivity contribution in [3.8, 4) is 11.1 Å². The predicted octanol–water partition coefficient (Wildman–Crippen LogP) is 3.37. The molecule has 4 nitrogen and oxygen atoms in total. The fraction of sp³-hybridized carbons (Fsp3) is 0.400. The third-order valence-corrected chi connectivity index (χ3v) is 5.99. The molecule has 4 rings (SSSR count). The molecule has 0 aliphatic carbocycles. The van der Waals surface area contributed by atoms with Gasteiger partial charge in [-0.3, -0.25) is 0 Å². The van der Waals surface area contributed by atoms with Gasteiger partial charge >= 0.3 is 0 Å². The highest BCUT2D eigenvalue weighted by molar-refractivity contribution is 7.17. The maximum absolute atomic E-state index is 13.3. The van der Waals surface area contributed by atoms with Gasteiger partial charge in [0, 0.05) is 10.9 Å². The molecule has 1 fully saturated rings. The minimum atomic E-state index is -0.219. The van der Waals surface area contributed by atoms with Crippen LogP contribution in [-0.4, -0.2) is 36.1 Å². The maximum Gasteiger partial charge on any atom is 0.139 e. The summed E-state index contributed by atoms with van der Waals surface area (Å²) in [4.78, 5) is 11.5. The molecule has 26 heavy (non-hydrogen) atoms. The Bertz CT molecular complexity index is 854. The lowest BCUT2D eigenvalue weighted by Crippen LogP contribution is -3.12. The van der Waals surface area contributed by atoms with Crippen LogP contribution in [-0.2, 0) is 0 Å². The zero-order valence-electron chi connectivity index (χ0n) is 14.8. The molecule has 2 aromatic heterocycles. The van der Waals surface area contributed by atoms with E-state index in [1.54, 1.807) is 22.6 Å². The molecule has 2 N–H and O–H groups in total. The average molecular weight is 372 g/mol. The second-order valence-corrected chi connectivity index (χ2v) is 7.76. The van der Waals surface area contributed by atoms with Gasteiger partial charge in [0.15, 0.2) is 0 Å². The topological polar surface area (TPSA) is 42.2 Å². The van der Waals surface area contributed by atoms with Gasteiger partial charge < -0.3 is 10.2 Å². The first kappa shape index (κ1) is 17.4. The van der Waals surface area contributed by atoms with Crippen molar-refractivity contribution in [1.29, 1.82) is 0 Å². The number of likely N-dealkylation sites (tertiary alicyclic amines) is 1. The van der Waals surface area contributed by atoms with Crippen LogP contribution in [0, 0.1) is 5.82 Å². The Labute approximate surface area is 157 Å². The van der Waals surface area contributed by atoms with Crippen LogP contribution in [0.5, 0.6) is 0 Å². The number of anilines is 1. The van der Waals surface area contributed by atoms with E-state index < -0.39 is 0 Å². The summed E-state index contributed by atoms with van der Waals surface area (Å²) in [5.41, 5.74) is 2.06. The number of nitrogens with zero attached hydrogens (tertiary/aromatic N) is 2. The molecule has 0 spiro atoms. The number of aromatic nitrogens is 2. The lowest BCUT2D eigenvalue weighted by molar-refractivity contribution is -0.897. The van der Waals surface area contributed by atoms with Gasteiger partial charge in [-0.2, -0.15) is 0 Å². The van der Waals surface area contributed by atoms with Crippen molar-refractivity contribution in [2.75, 3.05) is 31.5 Å². The summed E-state index contributed by atoms with van der Waals surface area (Å²) in [5.74, 6) is 0.660. The fourth-order valence-electron chi connectivity index (χ4n) is 3.69. The van der Waals surface area contributed by atoms with E-state index in [2.05, 4.69) is 20.7 Å². The molecule has 3 heterocycles. The summed E-state index contributed by atoms with van der Waals surface area (Å²) in [6.45, 7) is 4.57. The number of fused-ring (bicyclic) bond motifs is 1. The lowest BCUT2D eigenvalue weighted by atomic mass is 10.1. The van der Waals surface area contributed by atoms with Crippen LogP contribution in [0.3, 0.4) is 0 Å². The normalized spacial score (nSPS) is 15.9. The summed E-state index contributed by atoms with van der Waals surface area (Å²) >= 11 is 1.60. The van der Waals surface area contributed by atoms with Crippen molar-refractivity contribution in [2.24, 2.45) is 0 Å². The maximum atomic E-state index is 13.3. The first-order valence-corrected chi connectivity index (χ1v) is 10.2. The number of rotatable bonds is 5. The van der Waals surface area contributed by atoms with Crippen molar-refractivity contribution in [3.05, 3.63) is 41.8 Å². The van der Waals surface area contributed by atoms with Crippen LogP contribution in [0.25, 0.3) is 21.3 Å². The molecule has 0 atom stereocenters. The van der Waals surface area contributed by atoms with E-state index in [4.69, 9.17) is 0 Å². The van der Waals surface area contributed by atoms with Crippen LogP contribution in [0.1, 0.15) is 25.7 Å². The number of hydrogen-bond acceptors (Lipinski definition) is 4. The third-order valence-electron chi connectivity index (χ3n) is 5.11. The molecule has 0 unspecified atom stereocenters. The van der Waals surface area contributed by atoms with Gasteiger partial charge in [-0.1, -0.05) is 12.1 Å². The van der Waals surface area contributed by atoms with Gasteiger partial charge in [0.2, 0.25) is 0 Å². The second kappa shape index (κ2) is 8.10. The molecule has 0 saturated carbocycles. The molecule has 1 aromatic carbocycles. The monoisotopic (exact) mass is 371 g/mol. The van der Waals surface area contributed by atoms with Crippen molar-refractivity contribution in [2.45, 2.75) is 25.7 Å². The first-order chi connectivity index (χ1) is 12.8. The molecule has 1 aliphatic rings. The molecule has 136 valence electrons. The number of benzene rings is 1. The highest BCUT2D eigenvalue weighted by Crippen LogP contribution is 2.36. The Balaban J connectivity index is 1.53. The molecule has 6 heteroatoms. The molecule has 1 saturated heterocycles. The van der Waals surface area contributed by atoms with E-state index in [0.29, 0.717) is 0 Å². The Morgan fingerprint density at radius 1 is 1.04 bits per heavy atom.